The van der Waals surface area contributed by atoms with Gasteiger partial charge in [-0.05, 0) is 25.0 Å². The molecule has 0 spiro atoms. The van der Waals surface area contributed by atoms with Crippen LogP contribution in [-0.4, -0.2) is 12.0 Å². The monoisotopic (exact) mass is 192 g/mol. The van der Waals surface area contributed by atoms with Crippen LogP contribution in [0.25, 0.3) is 0 Å². The van der Waals surface area contributed by atoms with Gasteiger partial charge in [0.1, 0.15) is 0 Å². The number of hydrogen-bond acceptors (Lipinski definition) is 1. The first-order valence-corrected chi connectivity index (χ1v) is 4.51. The third kappa shape index (κ3) is 3.52. The van der Waals surface area contributed by atoms with Crippen molar-refractivity contribution in [2.24, 2.45) is 0 Å². The van der Waals surface area contributed by atoms with Crippen LogP contribution in [0, 0.1) is 0 Å². The fraction of sp³-hybridized carbons (Fsp3) is 0.250. The van der Waals surface area contributed by atoms with Crippen molar-refractivity contribution in [3.63, 3.8) is 0 Å². The zero-order valence-electron chi connectivity index (χ0n) is 8.11. The summed E-state index contributed by atoms with van der Waals surface area (Å²) in [4.78, 5) is 10.2. The minimum Gasteiger partial charge on any atom is -0.299 e. The quantitative estimate of drug-likeness (QED) is 0.529. The molecule has 2 heteroatoms. The Morgan fingerprint density at radius 2 is 2.00 bits per heavy atom. The summed E-state index contributed by atoms with van der Waals surface area (Å²) < 4.78 is 13.1. The number of carbonyl (C=O) groups excluding carboxylic acids is 1. The smallest absolute Gasteiger partial charge is 0.181 e. The van der Waals surface area contributed by atoms with Crippen LogP contribution in [0.2, 0.25) is 0 Å². The fourth-order valence-electron chi connectivity index (χ4n) is 1.08. The second kappa shape index (κ2) is 4.70. The van der Waals surface area contributed by atoms with Crippen molar-refractivity contribution in [1.29, 1.82) is 0 Å². The van der Waals surface area contributed by atoms with Crippen molar-refractivity contribution in [2.75, 3.05) is 0 Å². The number of hydrogen-bond donors (Lipinski definition) is 0. The van der Waals surface area contributed by atoms with Gasteiger partial charge in [-0.1, -0.05) is 36.4 Å². The van der Waals surface area contributed by atoms with Gasteiger partial charge in [0.2, 0.25) is 0 Å². The van der Waals surface area contributed by atoms with Gasteiger partial charge in [-0.25, -0.2) is 4.39 Å². The van der Waals surface area contributed by atoms with Gasteiger partial charge in [-0.3, -0.25) is 4.79 Å². The average molecular weight is 192 g/mol. The predicted octanol–water partition coefficient (Wildman–Crippen LogP) is 2.71. The summed E-state index contributed by atoms with van der Waals surface area (Å²) >= 11 is 0. The number of halogens is 1. The molecule has 0 aromatic heterocycles. The van der Waals surface area contributed by atoms with E-state index >= 15 is 0 Å². The number of carbonyl (C=O) groups is 1. The van der Waals surface area contributed by atoms with Crippen LogP contribution in [-0.2, 0) is 11.2 Å². The molecule has 1 rings (SSSR count). The third-order valence-electron chi connectivity index (χ3n) is 1.87. The summed E-state index contributed by atoms with van der Waals surface area (Å²) in [5.74, 6) is 0. The van der Waals surface area contributed by atoms with E-state index in [2.05, 4.69) is 0 Å². The number of benzene rings is 1. The van der Waals surface area contributed by atoms with E-state index in [4.69, 9.17) is 0 Å². The molecule has 0 aliphatic heterocycles. The standard InChI is InChI=1S/C12H13FO/c1-12(13,10-14)9-5-8-11-6-3-2-4-7-11/h2-7,9-10H,8H2,1H3/b9-5+/t12-/m0/s1. The molecular weight excluding hydrogens is 179 g/mol. The van der Waals surface area contributed by atoms with E-state index in [-0.39, 0.29) is 0 Å². The van der Waals surface area contributed by atoms with Crippen LogP contribution in [0.1, 0.15) is 12.5 Å². The largest absolute Gasteiger partial charge is 0.299 e. The molecule has 1 atom stereocenters. The molecule has 0 amide bonds. The Labute approximate surface area is 83.3 Å². The number of alkyl halides is 1. The molecule has 0 saturated heterocycles. The van der Waals surface area contributed by atoms with Gasteiger partial charge in [0, 0.05) is 0 Å². The molecule has 0 unspecified atom stereocenters. The highest BCUT2D eigenvalue weighted by atomic mass is 19.1. The Bertz CT molecular complexity index is 314. The normalized spacial score (nSPS) is 15.3. The summed E-state index contributed by atoms with van der Waals surface area (Å²) in [6.45, 7) is 1.24. The molecular formula is C12H13FO. The molecule has 1 aromatic rings. The summed E-state index contributed by atoms with van der Waals surface area (Å²) in [6, 6.07) is 9.70. The second-order valence-electron chi connectivity index (χ2n) is 3.36. The van der Waals surface area contributed by atoms with Crippen molar-refractivity contribution in [3.05, 3.63) is 48.0 Å². The maximum Gasteiger partial charge on any atom is 0.181 e. The lowest BCUT2D eigenvalue weighted by Gasteiger charge is -2.04. The third-order valence-corrected chi connectivity index (χ3v) is 1.87. The summed E-state index contributed by atoms with van der Waals surface area (Å²) in [7, 11) is 0. The molecule has 0 N–H and O–H groups in total. The van der Waals surface area contributed by atoms with Gasteiger partial charge in [0.05, 0.1) is 0 Å². The van der Waals surface area contributed by atoms with Crippen molar-refractivity contribution < 1.29 is 9.18 Å². The van der Waals surface area contributed by atoms with Crippen LogP contribution in [0.5, 0.6) is 0 Å². The van der Waals surface area contributed by atoms with Gasteiger partial charge in [-0.15, -0.1) is 0 Å². The first-order valence-electron chi connectivity index (χ1n) is 4.51. The highest BCUT2D eigenvalue weighted by molar-refractivity contribution is 5.64. The molecule has 0 aliphatic rings. The Hall–Kier alpha value is -1.44. The van der Waals surface area contributed by atoms with Crippen LogP contribution in [0.3, 0.4) is 0 Å². The molecule has 0 saturated carbocycles. The lowest BCUT2D eigenvalue weighted by molar-refractivity contribution is -0.114. The summed E-state index contributed by atoms with van der Waals surface area (Å²) in [5.41, 5.74) is -0.736. The average Bonchev–Trinajstić information content (AvgIpc) is 2.19. The van der Waals surface area contributed by atoms with E-state index in [1.165, 1.54) is 13.0 Å². The van der Waals surface area contributed by atoms with Crippen LogP contribution in [0.15, 0.2) is 42.5 Å². The number of allylic oxidation sites excluding steroid dienone is 2. The SMILES string of the molecule is C[C@@](F)(C=O)/C=C/Cc1ccccc1. The molecule has 0 heterocycles. The molecule has 0 radical (unpaired) electrons. The van der Waals surface area contributed by atoms with E-state index in [9.17, 15) is 9.18 Å². The second-order valence-corrected chi connectivity index (χ2v) is 3.36. The van der Waals surface area contributed by atoms with Crippen LogP contribution in [0.4, 0.5) is 4.39 Å². The van der Waals surface area contributed by atoms with Crippen molar-refractivity contribution in [3.8, 4) is 0 Å². The first-order chi connectivity index (χ1) is 6.64. The molecule has 0 aliphatic carbocycles. The van der Waals surface area contributed by atoms with E-state index < -0.39 is 5.67 Å². The molecule has 14 heavy (non-hydrogen) atoms. The first kappa shape index (κ1) is 10.6. The molecule has 1 aromatic carbocycles. The lowest BCUT2D eigenvalue weighted by atomic mass is 10.1. The maximum atomic E-state index is 13.1. The highest BCUT2D eigenvalue weighted by Gasteiger charge is 2.16. The highest BCUT2D eigenvalue weighted by Crippen LogP contribution is 2.09. The van der Waals surface area contributed by atoms with Gasteiger partial charge in [0.25, 0.3) is 0 Å². The lowest BCUT2D eigenvalue weighted by Crippen LogP contribution is -2.15. The van der Waals surface area contributed by atoms with Gasteiger partial charge in [0.15, 0.2) is 12.0 Å². The molecule has 0 bridgehead atoms. The molecule has 1 nitrogen and oxygen atoms in total. The number of rotatable bonds is 4. The van der Waals surface area contributed by atoms with E-state index in [0.29, 0.717) is 12.7 Å². The van der Waals surface area contributed by atoms with Crippen molar-refractivity contribution in [1.82, 2.24) is 0 Å². The van der Waals surface area contributed by atoms with Crippen molar-refractivity contribution >= 4 is 6.29 Å². The number of aldehydes is 1. The van der Waals surface area contributed by atoms with Gasteiger partial charge >= 0.3 is 0 Å². The van der Waals surface area contributed by atoms with E-state index in [0.717, 1.165) is 5.56 Å². The zero-order chi connectivity index (χ0) is 10.4. The van der Waals surface area contributed by atoms with E-state index in [1.807, 2.05) is 30.3 Å². The predicted molar refractivity (Wildman–Crippen MR) is 54.9 cm³/mol. The van der Waals surface area contributed by atoms with Gasteiger partial charge in [-0.2, -0.15) is 0 Å². The summed E-state index contributed by atoms with van der Waals surface area (Å²) in [5, 5.41) is 0. The summed E-state index contributed by atoms with van der Waals surface area (Å²) in [6.07, 6.45) is 3.90. The Morgan fingerprint density at radius 1 is 1.36 bits per heavy atom. The Morgan fingerprint density at radius 3 is 2.57 bits per heavy atom. The molecule has 74 valence electrons. The topological polar surface area (TPSA) is 17.1 Å². The Kier molecular flexibility index (Phi) is 3.57. The molecule has 0 fully saturated rings. The Balaban J connectivity index is 2.53. The van der Waals surface area contributed by atoms with Crippen molar-refractivity contribution in [2.45, 2.75) is 19.0 Å². The van der Waals surface area contributed by atoms with E-state index in [1.54, 1.807) is 6.08 Å². The fourth-order valence-corrected chi connectivity index (χ4v) is 1.08. The van der Waals surface area contributed by atoms with Crippen LogP contribution < -0.4 is 0 Å². The minimum absolute atomic E-state index is 0.300. The maximum absolute atomic E-state index is 13.1. The zero-order valence-corrected chi connectivity index (χ0v) is 8.11. The minimum atomic E-state index is -1.84. The van der Waals surface area contributed by atoms with Crippen LogP contribution >= 0.6 is 0 Å². The van der Waals surface area contributed by atoms with Gasteiger partial charge < -0.3 is 0 Å².